The molecule has 1 aromatic heterocycles. The molecule has 0 bridgehead atoms. The Morgan fingerprint density at radius 2 is 1.88 bits per heavy atom. The van der Waals surface area contributed by atoms with Crippen molar-refractivity contribution in [3.05, 3.63) is 32.6 Å². The number of nitrogens with zero attached hydrogens (tertiary/aromatic N) is 1. The van der Waals surface area contributed by atoms with Crippen LogP contribution in [0, 0.1) is 6.92 Å². The standard InChI is InChI=1S/C10H14N2O5.2C4H9.Sn/c1-5-3-12(10(16)11-9(5)15)8-2-6(14)7(4-13)17-8;2*1-3-4-2;/h3,6-8,13-14H,2,4H2,1H3,(H,11,15,16);2*1,3-4H2,2H3;. The summed E-state index contributed by atoms with van der Waals surface area (Å²) in [6, 6.07) is 0. The van der Waals surface area contributed by atoms with Gasteiger partial charge in [-0.3, -0.25) is 14.3 Å². The fourth-order valence-electron chi connectivity index (χ4n) is 2.58. The molecule has 1 aliphatic rings. The van der Waals surface area contributed by atoms with Gasteiger partial charge in [-0.1, -0.05) is 0 Å². The molecule has 0 aromatic carbocycles. The van der Waals surface area contributed by atoms with Crippen LogP contribution in [0.3, 0.4) is 0 Å². The summed E-state index contributed by atoms with van der Waals surface area (Å²) in [4.78, 5) is 24.9. The number of aryl methyl sites for hydroxylation is 1. The topological polar surface area (TPSA) is 105 Å². The number of aliphatic hydroxyl groups excluding tert-OH is 2. The summed E-state index contributed by atoms with van der Waals surface area (Å²) in [6.07, 6.45) is 5.26. The molecular formula is C18H32N2O5Sn. The summed E-state index contributed by atoms with van der Waals surface area (Å²) in [6.45, 7) is 5.84. The summed E-state index contributed by atoms with van der Waals surface area (Å²) in [7, 11) is 0. The fraction of sp³-hybridized carbons (Fsp3) is 0.778. The van der Waals surface area contributed by atoms with Crippen molar-refractivity contribution in [1.29, 1.82) is 0 Å². The van der Waals surface area contributed by atoms with Gasteiger partial charge in [0.25, 0.3) is 5.56 Å². The van der Waals surface area contributed by atoms with Crippen molar-refractivity contribution in [2.45, 2.75) is 80.2 Å². The van der Waals surface area contributed by atoms with E-state index in [2.05, 4.69) is 18.8 Å². The first-order chi connectivity index (χ1) is 12.4. The first kappa shape index (κ1) is 23.4. The van der Waals surface area contributed by atoms with Crippen LogP contribution in [0.15, 0.2) is 15.8 Å². The van der Waals surface area contributed by atoms with Gasteiger partial charge in [0.1, 0.15) is 12.3 Å². The summed E-state index contributed by atoms with van der Waals surface area (Å²) in [5, 5.41) is 18.5. The molecule has 0 spiro atoms. The van der Waals surface area contributed by atoms with Gasteiger partial charge in [0.2, 0.25) is 0 Å². The number of aliphatic hydroxyl groups is 2. The van der Waals surface area contributed by atoms with Crippen LogP contribution in [0.2, 0.25) is 8.87 Å². The zero-order valence-corrected chi connectivity index (χ0v) is 18.9. The number of H-pyrrole nitrogens is 1. The van der Waals surface area contributed by atoms with Gasteiger partial charge in [-0.15, -0.1) is 0 Å². The largest absolute Gasteiger partial charge is 0.394 e. The van der Waals surface area contributed by atoms with Crippen LogP contribution in [0.4, 0.5) is 0 Å². The van der Waals surface area contributed by atoms with Crippen LogP contribution in [0.5, 0.6) is 0 Å². The minimum atomic E-state index is -0.816. The molecule has 1 aliphatic heterocycles. The van der Waals surface area contributed by atoms with Gasteiger partial charge in [0.15, 0.2) is 0 Å². The van der Waals surface area contributed by atoms with E-state index in [1.165, 1.54) is 36.4 Å². The summed E-state index contributed by atoms with van der Waals surface area (Å²) >= 11 is 0.149. The number of nitrogens with one attached hydrogen (secondary N) is 1. The van der Waals surface area contributed by atoms with E-state index >= 15 is 0 Å². The second-order valence-electron chi connectivity index (χ2n) is 6.55. The van der Waals surface area contributed by atoms with E-state index in [0.29, 0.717) is 5.56 Å². The van der Waals surface area contributed by atoms with Gasteiger partial charge in [-0.05, 0) is 6.92 Å². The average Bonchev–Trinajstić information content (AvgIpc) is 2.99. The van der Waals surface area contributed by atoms with Crippen molar-refractivity contribution in [3.8, 4) is 0 Å². The molecular weight excluding hydrogens is 443 g/mol. The number of ether oxygens (including phenoxy) is 1. The Hall–Kier alpha value is -0.641. The van der Waals surface area contributed by atoms with Crippen molar-refractivity contribution < 1.29 is 14.9 Å². The van der Waals surface area contributed by atoms with Crippen molar-refractivity contribution in [2.75, 3.05) is 6.61 Å². The molecule has 3 N–H and O–H groups in total. The van der Waals surface area contributed by atoms with Gasteiger partial charge in [-0.25, -0.2) is 4.79 Å². The van der Waals surface area contributed by atoms with Crippen LogP contribution < -0.4 is 11.2 Å². The van der Waals surface area contributed by atoms with Gasteiger partial charge >= 0.3 is 75.2 Å². The zero-order valence-electron chi connectivity index (χ0n) is 16.0. The van der Waals surface area contributed by atoms with Crippen LogP contribution >= 0.6 is 0 Å². The third kappa shape index (κ3) is 7.54. The first-order valence-corrected chi connectivity index (χ1v) is 13.4. The van der Waals surface area contributed by atoms with Gasteiger partial charge in [0.05, 0.1) is 12.7 Å². The van der Waals surface area contributed by atoms with E-state index in [9.17, 15) is 14.7 Å². The molecule has 2 radical (unpaired) electrons. The van der Waals surface area contributed by atoms with Crippen molar-refractivity contribution >= 4 is 21.1 Å². The quantitative estimate of drug-likeness (QED) is 0.392. The minimum absolute atomic E-state index is 0.149. The average molecular weight is 475 g/mol. The molecule has 1 fully saturated rings. The molecule has 2 rings (SSSR count). The second-order valence-corrected chi connectivity index (χ2v) is 10.8. The van der Waals surface area contributed by atoms with E-state index in [-0.39, 0.29) is 34.2 Å². The van der Waals surface area contributed by atoms with Crippen molar-refractivity contribution in [1.82, 2.24) is 9.55 Å². The maximum absolute atomic E-state index is 11.6. The number of rotatable bonds is 8. The van der Waals surface area contributed by atoms with Gasteiger partial charge < -0.3 is 14.9 Å². The Labute approximate surface area is 165 Å². The maximum atomic E-state index is 11.6. The molecule has 3 unspecified atom stereocenters. The third-order valence-corrected chi connectivity index (χ3v) is 8.29. The van der Waals surface area contributed by atoms with Crippen molar-refractivity contribution in [2.24, 2.45) is 0 Å². The number of aromatic nitrogens is 2. The maximum Gasteiger partial charge on any atom is 0.330 e. The van der Waals surface area contributed by atoms with Crippen LogP contribution in [-0.4, -0.2) is 59.7 Å². The summed E-state index contributed by atoms with van der Waals surface area (Å²) in [5.74, 6) is 0. The van der Waals surface area contributed by atoms with Gasteiger partial charge in [-0.2, -0.15) is 0 Å². The van der Waals surface area contributed by atoms with Crippen LogP contribution in [-0.2, 0) is 4.74 Å². The predicted molar refractivity (Wildman–Crippen MR) is 103 cm³/mol. The van der Waals surface area contributed by atoms with Crippen molar-refractivity contribution in [3.63, 3.8) is 0 Å². The molecule has 0 amide bonds. The Morgan fingerprint density at radius 1 is 1.27 bits per heavy atom. The molecule has 1 aromatic rings. The fourth-order valence-corrected chi connectivity index (χ4v) is 6.74. The van der Waals surface area contributed by atoms with Crippen LogP contribution in [0.25, 0.3) is 0 Å². The normalized spacial score (nSPS) is 22.1. The minimum Gasteiger partial charge on any atom is -0.394 e. The number of unbranched alkanes of at least 4 members (excludes halogenated alkanes) is 2. The first-order valence-electron chi connectivity index (χ1n) is 9.41. The van der Waals surface area contributed by atoms with E-state index in [1.807, 2.05) is 0 Å². The molecule has 148 valence electrons. The second kappa shape index (κ2) is 12.7. The Bertz CT molecular complexity index is 625. The predicted octanol–water partition coefficient (Wildman–Crippen LogP) is 1.61. The Balaban J connectivity index is 0.000000321. The smallest absolute Gasteiger partial charge is 0.330 e. The Kier molecular flexibility index (Phi) is 11.4. The number of hydrogen-bond acceptors (Lipinski definition) is 5. The summed E-state index contributed by atoms with van der Waals surface area (Å²) < 4.78 is 9.79. The monoisotopic (exact) mass is 476 g/mol. The molecule has 8 heteroatoms. The Morgan fingerprint density at radius 3 is 2.38 bits per heavy atom. The molecule has 26 heavy (non-hydrogen) atoms. The molecule has 7 nitrogen and oxygen atoms in total. The molecule has 3 atom stereocenters. The molecule has 0 saturated carbocycles. The zero-order chi connectivity index (χ0) is 19.5. The van der Waals surface area contributed by atoms with Crippen LogP contribution in [0.1, 0.15) is 57.7 Å². The van der Waals surface area contributed by atoms with Gasteiger partial charge in [0, 0.05) is 18.2 Å². The molecule has 1 saturated heterocycles. The molecule has 0 aliphatic carbocycles. The number of hydrogen-bond donors (Lipinski definition) is 3. The van der Waals surface area contributed by atoms with E-state index < -0.39 is 29.7 Å². The third-order valence-electron chi connectivity index (χ3n) is 4.25. The van der Waals surface area contributed by atoms with E-state index in [1.54, 1.807) is 15.8 Å². The summed E-state index contributed by atoms with van der Waals surface area (Å²) in [5.41, 5.74) is -0.643. The SMILES string of the molecule is CCC[CH2][Sn][CH2]CCC.Cc1cn(C2CC(O)C(CO)O2)c(=O)[nH]c1=O. The van der Waals surface area contributed by atoms with E-state index in [4.69, 9.17) is 9.84 Å². The molecule has 2 heterocycles. The van der Waals surface area contributed by atoms with E-state index in [0.717, 1.165) is 0 Å². The number of aromatic amines is 1.